The first kappa shape index (κ1) is 95.6. The second-order valence-corrected chi connectivity index (χ2v) is 37.4. The van der Waals surface area contributed by atoms with E-state index < -0.39 is 31.7 Å². The Morgan fingerprint density at radius 3 is 0.721 bits per heavy atom. The number of aryl methyl sites for hydroxylation is 1. The molecule has 0 aliphatic rings. The van der Waals surface area contributed by atoms with E-state index >= 15 is 0 Å². The molecular formula is C114H97N7O3P4Pd. The van der Waals surface area contributed by atoms with Crippen molar-refractivity contribution in [1.82, 2.24) is 25.4 Å². The van der Waals surface area contributed by atoms with Crippen molar-refractivity contribution >= 4 is 150 Å². The van der Waals surface area contributed by atoms with Crippen molar-refractivity contribution in [3.05, 3.63) is 533 Å². The van der Waals surface area contributed by atoms with E-state index in [0.29, 0.717) is 16.7 Å². The minimum Gasteiger partial charge on any atom is -0.465 e. The van der Waals surface area contributed by atoms with Crippen LogP contribution in [0.3, 0.4) is 0 Å². The molecular weight excluding hydrogens is 1750 g/mol. The van der Waals surface area contributed by atoms with Gasteiger partial charge in [0, 0.05) is 97.1 Å². The molecule has 0 spiro atoms. The molecule has 636 valence electrons. The summed E-state index contributed by atoms with van der Waals surface area (Å²) in [7, 11) is -0.410. The van der Waals surface area contributed by atoms with Gasteiger partial charge in [0.15, 0.2) is 0 Å². The number of hydrogen-bond acceptors (Lipinski definition) is 9. The van der Waals surface area contributed by atoms with Crippen LogP contribution in [0.1, 0.15) is 39.3 Å². The molecule has 0 fully saturated rings. The van der Waals surface area contributed by atoms with Gasteiger partial charge in [0.25, 0.3) is 5.91 Å². The van der Waals surface area contributed by atoms with E-state index in [2.05, 4.69) is 425 Å². The molecule has 0 saturated heterocycles. The number of methoxy groups -OCH3 is 1. The van der Waals surface area contributed by atoms with Gasteiger partial charge in [0.05, 0.1) is 24.3 Å². The molecule has 16 aromatic carbocycles. The Morgan fingerprint density at radius 1 is 0.279 bits per heavy atom. The maximum atomic E-state index is 11.2. The van der Waals surface area contributed by atoms with Crippen molar-refractivity contribution in [3.63, 3.8) is 0 Å². The molecule has 1 amide bonds. The molecule has 4 heterocycles. The fourth-order valence-corrected chi connectivity index (χ4v) is 22.9. The smallest absolute Gasteiger partial charge is 0.337 e. The zero-order valence-corrected chi connectivity index (χ0v) is 75.8. The minimum absolute atomic E-state index is 0. The number of pyridine rings is 4. The molecule has 0 aliphatic carbocycles. The van der Waals surface area contributed by atoms with Gasteiger partial charge in [-0.1, -0.05) is 413 Å². The Labute approximate surface area is 776 Å². The molecule has 0 radical (unpaired) electrons. The van der Waals surface area contributed by atoms with Gasteiger partial charge in [-0.2, -0.15) is 5.26 Å². The molecule has 20 aromatic rings. The van der Waals surface area contributed by atoms with Crippen LogP contribution < -0.4 is 74.9 Å². The zero-order valence-electron chi connectivity index (χ0n) is 70.6. The van der Waals surface area contributed by atoms with E-state index in [0.717, 1.165) is 32.3 Å². The average molecular weight is 1840 g/mol. The zero-order chi connectivity index (χ0) is 87.7. The van der Waals surface area contributed by atoms with Crippen molar-refractivity contribution in [2.45, 2.75) is 14.4 Å². The average Bonchev–Trinajstić information content (AvgIpc) is 0.806. The number of rotatable bonds is 14. The van der Waals surface area contributed by atoms with Crippen molar-refractivity contribution in [1.29, 1.82) is 5.26 Å². The predicted molar refractivity (Wildman–Crippen MR) is 547 cm³/mol. The number of nitrogen functional groups attached to an aromatic ring is 1. The van der Waals surface area contributed by atoms with Crippen molar-refractivity contribution < 1.29 is 34.7 Å². The number of esters is 1. The van der Waals surface area contributed by atoms with E-state index in [1.165, 1.54) is 87.1 Å². The fraction of sp³-hybridized carbons (Fsp3) is 0.0263. The van der Waals surface area contributed by atoms with Gasteiger partial charge in [-0.25, -0.2) is 10.6 Å². The van der Waals surface area contributed by atoms with Crippen LogP contribution in [0.25, 0.3) is 43.1 Å². The number of nitrogens with zero attached hydrogens (tertiary/aromatic N) is 5. The third-order valence-electron chi connectivity index (χ3n) is 19.8. The number of ether oxygens (including phenoxy) is 1. The summed E-state index contributed by atoms with van der Waals surface area (Å²) in [4.78, 5) is 38.4. The number of nitrogens with one attached hydrogen (secondary N) is 1. The SMILES string of the molecule is C.COC(=O)c1ccc2cnccc2c1.Cc1ccc2cnccc2c1.N#Cc1ccc2cnccc2c1.NNC(=O)c1ccc2cnccc2c1.[Pd].c1ccc(P(c2ccccc2)c2ccccc2)cc1.c1ccc(P(c2ccccc2)c2ccccc2)cc1.c1ccc(P(c2ccccc2)c2ccccc2)cc1.c1ccc(P(c2ccccc2)c2ccccc2)cc1. The molecule has 3 N–H and O–H groups in total. The Bertz CT molecular complexity index is 5810. The van der Waals surface area contributed by atoms with Crippen LogP contribution in [-0.2, 0) is 25.2 Å². The fourth-order valence-electron chi connectivity index (χ4n) is 13.7. The molecule has 10 nitrogen and oxygen atoms in total. The van der Waals surface area contributed by atoms with E-state index in [9.17, 15) is 9.59 Å². The first-order valence-electron chi connectivity index (χ1n) is 41.3. The predicted octanol–water partition coefficient (Wildman–Crippen LogP) is 21.9. The summed E-state index contributed by atoms with van der Waals surface area (Å²) >= 11 is 0. The maximum Gasteiger partial charge on any atom is 0.337 e. The molecule has 4 aromatic heterocycles. The summed E-state index contributed by atoms with van der Waals surface area (Å²) < 4.78 is 4.63. The van der Waals surface area contributed by atoms with Crippen molar-refractivity contribution in [2.24, 2.45) is 5.84 Å². The quantitative estimate of drug-likeness (QED) is 0.0270. The summed E-state index contributed by atoms with van der Waals surface area (Å²) in [5.41, 5.74) is 5.18. The van der Waals surface area contributed by atoms with Crippen molar-refractivity contribution in [3.8, 4) is 6.07 Å². The summed E-state index contributed by atoms with van der Waals surface area (Å²) in [5, 5.41) is 34.0. The Balaban J connectivity index is 0.000000143. The van der Waals surface area contributed by atoms with E-state index in [1.54, 1.807) is 67.5 Å². The molecule has 0 aliphatic heterocycles. The number of benzene rings is 16. The number of hydrogen-bond donors (Lipinski definition) is 2. The topological polar surface area (TPSA) is 157 Å². The summed E-state index contributed by atoms with van der Waals surface area (Å²) in [6.07, 6.45) is 14.1. The van der Waals surface area contributed by atoms with Crippen LogP contribution in [0.2, 0.25) is 0 Å². The molecule has 15 heteroatoms. The Kier molecular flexibility index (Phi) is 38.6. The van der Waals surface area contributed by atoms with Crippen LogP contribution in [0.4, 0.5) is 0 Å². The Hall–Kier alpha value is -14.1. The number of amides is 1. The van der Waals surface area contributed by atoms with Gasteiger partial charge >= 0.3 is 5.97 Å². The number of hydrazine groups is 1. The van der Waals surface area contributed by atoms with Crippen LogP contribution in [-0.4, -0.2) is 38.9 Å². The normalized spacial score (nSPS) is 10.2. The molecule has 129 heavy (non-hydrogen) atoms. The number of carbonyl (C=O) groups excluding carboxylic acids is 2. The number of nitriles is 1. The second-order valence-electron chi connectivity index (χ2n) is 28.5. The van der Waals surface area contributed by atoms with Crippen LogP contribution in [0.15, 0.2) is 511 Å². The van der Waals surface area contributed by atoms with E-state index in [1.807, 2.05) is 60.9 Å². The first-order chi connectivity index (χ1) is 62.7. The van der Waals surface area contributed by atoms with Crippen LogP contribution in [0, 0.1) is 18.3 Å². The Morgan fingerprint density at radius 2 is 0.488 bits per heavy atom. The van der Waals surface area contributed by atoms with E-state index in [4.69, 9.17) is 11.1 Å². The molecule has 0 saturated carbocycles. The molecule has 0 bridgehead atoms. The number of fused-ring (bicyclic) bond motifs is 4. The third-order valence-corrected chi connectivity index (χ3v) is 29.6. The minimum atomic E-state index is -0.446. The van der Waals surface area contributed by atoms with Gasteiger partial charge < -0.3 is 4.74 Å². The van der Waals surface area contributed by atoms with Crippen LogP contribution >= 0.6 is 31.7 Å². The first-order valence-corrected chi connectivity index (χ1v) is 46.7. The van der Waals surface area contributed by atoms with E-state index in [-0.39, 0.29) is 39.7 Å². The molecule has 0 unspecified atom stereocenters. The maximum absolute atomic E-state index is 11.2. The monoisotopic (exact) mass is 1840 g/mol. The number of aromatic nitrogens is 4. The number of carbonyl (C=O) groups is 2. The summed E-state index contributed by atoms with van der Waals surface area (Å²) in [5.74, 6) is 4.43. The van der Waals surface area contributed by atoms with Gasteiger partial charge in [-0.05, 0) is 184 Å². The molecule has 20 rings (SSSR count). The summed E-state index contributed by atoms with van der Waals surface area (Å²) in [6, 6.07) is 162. The standard InChI is InChI=1S/4C18H15P.C11H9NO2.C10H9N3O.C10H6N2.C10H9N.CH4.Pd/c4*1-4-10-16(11-5-1)19(17-12-6-2-7-13-17)18-14-8-3-9-15-18;1-14-11(13)9-2-3-10-7-12-5-4-8(10)6-9;11-13-10(14)8-1-2-9-6-12-4-3-7(9)5-8;11-6-8-1-2-10-7-12-4-3-9(10)5-8;1-8-2-3-10-7-11-5-4-9(10)6-8;;/h4*1-15H;2-7H,1H3;1-6H,11H2,(H,13,14);1-5,7H;2-7H,1H3;1H4;. The van der Waals surface area contributed by atoms with Gasteiger partial charge in [0.1, 0.15) is 0 Å². The summed E-state index contributed by atoms with van der Waals surface area (Å²) in [6.45, 7) is 2.10. The second kappa shape index (κ2) is 52.1. The van der Waals surface area contributed by atoms with Gasteiger partial charge in [0.2, 0.25) is 0 Å². The third kappa shape index (κ3) is 28.5. The largest absolute Gasteiger partial charge is 0.465 e. The number of nitrogens with two attached hydrogens (primary N) is 1. The van der Waals surface area contributed by atoms with Gasteiger partial charge in [-0.15, -0.1) is 0 Å². The van der Waals surface area contributed by atoms with Gasteiger partial charge in [-0.3, -0.25) is 30.2 Å². The molecule has 0 atom stereocenters. The van der Waals surface area contributed by atoms with Crippen molar-refractivity contribution in [2.75, 3.05) is 7.11 Å². The van der Waals surface area contributed by atoms with Crippen LogP contribution in [0.5, 0.6) is 0 Å².